The van der Waals surface area contributed by atoms with Gasteiger partial charge in [0.15, 0.2) is 0 Å². The summed E-state index contributed by atoms with van der Waals surface area (Å²) in [5, 5.41) is 0. The first-order chi connectivity index (χ1) is 5.61. The van der Waals surface area contributed by atoms with Crippen LogP contribution >= 0.6 is 0 Å². The second kappa shape index (κ2) is 2.46. The van der Waals surface area contributed by atoms with Crippen LogP contribution in [0.25, 0.3) is 0 Å². The molecule has 3 atom stereocenters. The molecule has 1 saturated heterocycles. The molecule has 0 unspecified atom stereocenters. The molecule has 0 bridgehead atoms. The second-order valence-electron chi connectivity index (χ2n) is 4.30. The zero-order chi connectivity index (χ0) is 8.88. The van der Waals surface area contributed by atoms with Crippen LogP contribution < -0.4 is 5.73 Å². The van der Waals surface area contributed by atoms with Crippen molar-refractivity contribution in [1.82, 2.24) is 4.90 Å². The molecule has 1 amide bonds. The lowest BCUT2D eigenvalue weighted by atomic mass is 10.2. The number of nitrogens with zero attached hydrogens (tertiary/aromatic N) is 1. The van der Waals surface area contributed by atoms with E-state index in [2.05, 4.69) is 18.7 Å². The van der Waals surface area contributed by atoms with E-state index in [1.807, 2.05) is 0 Å². The van der Waals surface area contributed by atoms with Crippen LogP contribution in [0.1, 0.15) is 13.8 Å². The molecule has 3 nitrogen and oxygen atoms in total. The molecule has 1 saturated carbocycles. The van der Waals surface area contributed by atoms with Gasteiger partial charge in [0.05, 0.1) is 0 Å². The van der Waals surface area contributed by atoms with Crippen molar-refractivity contribution in [2.75, 3.05) is 13.1 Å². The average Bonchev–Trinajstić information content (AvgIpc) is 2.48. The van der Waals surface area contributed by atoms with Crippen LogP contribution in [0.5, 0.6) is 0 Å². The Hall–Kier alpha value is -0.570. The lowest BCUT2D eigenvalue weighted by molar-refractivity contribution is -0.120. The summed E-state index contributed by atoms with van der Waals surface area (Å²) in [4.78, 5) is 13.3. The Morgan fingerprint density at radius 2 is 1.92 bits per heavy atom. The van der Waals surface area contributed by atoms with Gasteiger partial charge < -0.3 is 10.6 Å². The third-order valence-corrected chi connectivity index (χ3v) is 3.28. The second-order valence-corrected chi connectivity index (χ2v) is 4.30. The van der Waals surface area contributed by atoms with Crippen molar-refractivity contribution >= 4 is 5.91 Å². The van der Waals surface area contributed by atoms with Gasteiger partial charge in [0.25, 0.3) is 0 Å². The van der Waals surface area contributed by atoms with Gasteiger partial charge in [0, 0.05) is 25.0 Å². The SMILES string of the molecule is CC(C)N1C[C@@H]2[C@H](C1)[C@@H]2C(N)=O. The number of hydrogen-bond acceptors (Lipinski definition) is 2. The van der Waals surface area contributed by atoms with E-state index in [0.717, 1.165) is 13.1 Å². The maximum atomic E-state index is 10.9. The molecule has 1 aliphatic heterocycles. The molecule has 2 rings (SSSR count). The minimum absolute atomic E-state index is 0.0894. The Bertz CT molecular complexity index is 203. The number of amides is 1. The fourth-order valence-corrected chi connectivity index (χ4v) is 2.40. The molecule has 2 fully saturated rings. The lowest BCUT2D eigenvalue weighted by Crippen LogP contribution is -2.33. The Labute approximate surface area is 72.9 Å². The maximum absolute atomic E-state index is 10.9. The number of primary amides is 1. The van der Waals surface area contributed by atoms with E-state index in [-0.39, 0.29) is 11.8 Å². The summed E-state index contributed by atoms with van der Waals surface area (Å²) >= 11 is 0. The van der Waals surface area contributed by atoms with Crippen LogP contribution in [0.4, 0.5) is 0 Å². The van der Waals surface area contributed by atoms with Crippen molar-refractivity contribution in [3.8, 4) is 0 Å². The van der Waals surface area contributed by atoms with E-state index >= 15 is 0 Å². The molecule has 0 aromatic rings. The third-order valence-electron chi connectivity index (χ3n) is 3.28. The minimum atomic E-state index is -0.0894. The van der Waals surface area contributed by atoms with Gasteiger partial charge in [-0.1, -0.05) is 0 Å². The van der Waals surface area contributed by atoms with Gasteiger partial charge in [0.1, 0.15) is 0 Å². The first-order valence-electron chi connectivity index (χ1n) is 4.64. The molecule has 3 heteroatoms. The van der Waals surface area contributed by atoms with E-state index < -0.39 is 0 Å². The van der Waals surface area contributed by atoms with Crippen LogP contribution in [0.2, 0.25) is 0 Å². The van der Waals surface area contributed by atoms with Crippen molar-refractivity contribution in [1.29, 1.82) is 0 Å². The predicted molar refractivity (Wildman–Crippen MR) is 46.4 cm³/mol. The normalized spacial score (nSPS) is 40.1. The maximum Gasteiger partial charge on any atom is 0.221 e. The first-order valence-corrected chi connectivity index (χ1v) is 4.64. The summed E-state index contributed by atoms with van der Waals surface area (Å²) < 4.78 is 0. The monoisotopic (exact) mass is 168 g/mol. The van der Waals surface area contributed by atoms with Crippen molar-refractivity contribution in [3.63, 3.8) is 0 Å². The highest BCUT2D eigenvalue weighted by atomic mass is 16.1. The van der Waals surface area contributed by atoms with Gasteiger partial charge in [0.2, 0.25) is 5.91 Å². The molecule has 0 radical (unpaired) electrons. The zero-order valence-corrected chi connectivity index (χ0v) is 7.66. The largest absolute Gasteiger partial charge is 0.369 e. The summed E-state index contributed by atoms with van der Waals surface area (Å²) in [5.74, 6) is 1.29. The summed E-state index contributed by atoms with van der Waals surface area (Å²) in [6.45, 7) is 6.56. The van der Waals surface area contributed by atoms with Crippen LogP contribution in [-0.4, -0.2) is 29.9 Å². The summed E-state index contributed by atoms with van der Waals surface area (Å²) in [6.07, 6.45) is 0. The topological polar surface area (TPSA) is 46.3 Å². The summed E-state index contributed by atoms with van der Waals surface area (Å²) in [6, 6.07) is 0.617. The fraction of sp³-hybridized carbons (Fsp3) is 0.889. The average molecular weight is 168 g/mol. The Kier molecular flexibility index (Phi) is 1.65. The highest BCUT2D eigenvalue weighted by molar-refractivity contribution is 5.80. The van der Waals surface area contributed by atoms with Crippen LogP contribution in [0, 0.1) is 17.8 Å². The van der Waals surface area contributed by atoms with E-state index in [9.17, 15) is 4.79 Å². The van der Waals surface area contributed by atoms with Gasteiger partial charge >= 0.3 is 0 Å². The number of likely N-dealkylation sites (tertiary alicyclic amines) is 1. The number of piperidine rings is 1. The minimum Gasteiger partial charge on any atom is -0.369 e. The van der Waals surface area contributed by atoms with Crippen molar-refractivity contribution in [2.24, 2.45) is 23.5 Å². The van der Waals surface area contributed by atoms with Crippen LogP contribution in [0.3, 0.4) is 0 Å². The Balaban J connectivity index is 1.90. The predicted octanol–water partition coefficient (Wildman–Crippen LogP) is 0.0579. The van der Waals surface area contributed by atoms with Crippen molar-refractivity contribution < 1.29 is 4.79 Å². The van der Waals surface area contributed by atoms with Gasteiger partial charge in [-0.25, -0.2) is 0 Å². The number of carbonyl (C=O) groups is 1. The molecule has 2 aliphatic rings. The molecule has 1 aliphatic carbocycles. The summed E-state index contributed by atoms with van der Waals surface area (Å²) in [5.41, 5.74) is 5.25. The number of hydrogen-bond donors (Lipinski definition) is 1. The number of rotatable bonds is 2. The number of fused-ring (bicyclic) bond motifs is 1. The van der Waals surface area contributed by atoms with Gasteiger partial charge in [-0.2, -0.15) is 0 Å². The van der Waals surface area contributed by atoms with E-state index in [0.29, 0.717) is 17.9 Å². The van der Waals surface area contributed by atoms with E-state index in [1.54, 1.807) is 0 Å². The van der Waals surface area contributed by atoms with E-state index in [4.69, 9.17) is 5.73 Å². The Morgan fingerprint density at radius 1 is 1.42 bits per heavy atom. The molecule has 68 valence electrons. The molecular formula is C9H16N2O. The Morgan fingerprint density at radius 3 is 2.25 bits per heavy atom. The van der Waals surface area contributed by atoms with Crippen molar-refractivity contribution in [2.45, 2.75) is 19.9 Å². The standard InChI is InChI=1S/C9H16N2O/c1-5(2)11-3-6-7(4-11)8(6)9(10)12/h5-8H,3-4H2,1-2H3,(H2,10,12)/t6-,7+,8-. The fourth-order valence-electron chi connectivity index (χ4n) is 2.40. The quantitative estimate of drug-likeness (QED) is 0.633. The molecule has 2 N–H and O–H groups in total. The third kappa shape index (κ3) is 1.04. The summed E-state index contributed by atoms with van der Waals surface area (Å²) in [7, 11) is 0. The molecule has 0 aromatic heterocycles. The van der Waals surface area contributed by atoms with E-state index in [1.165, 1.54) is 0 Å². The molecular weight excluding hydrogens is 152 g/mol. The van der Waals surface area contributed by atoms with Gasteiger partial charge in [-0.15, -0.1) is 0 Å². The molecule has 0 spiro atoms. The van der Waals surface area contributed by atoms with Crippen LogP contribution in [-0.2, 0) is 4.79 Å². The van der Waals surface area contributed by atoms with Gasteiger partial charge in [-0.05, 0) is 25.7 Å². The zero-order valence-electron chi connectivity index (χ0n) is 7.66. The van der Waals surface area contributed by atoms with Crippen LogP contribution in [0.15, 0.2) is 0 Å². The van der Waals surface area contributed by atoms with Crippen molar-refractivity contribution in [3.05, 3.63) is 0 Å². The number of carbonyl (C=O) groups excluding carboxylic acids is 1. The molecule has 1 heterocycles. The lowest BCUT2D eigenvalue weighted by Gasteiger charge is -2.22. The highest BCUT2D eigenvalue weighted by Gasteiger charge is 2.58. The highest BCUT2D eigenvalue weighted by Crippen LogP contribution is 2.51. The first kappa shape index (κ1) is 8.05. The molecule has 12 heavy (non-hydrogen) atoms. The molecule has 0 aromatic carbocycles. The van der Waals surface area contributed by atoms with Gasteiger partial charge in [-0.3, -0.25) is 4.79 Å². The smallest absolute Gasteiger partial charge is 0.221 e. The number of nitrogens with two attached hydrogens (primary N) is 1.